The van der Waals surface area contributed by atoms with E-state index in [4.69, 9.17) is 0 Å². The third kappa shape index (κ3) is 379. The Labute approximate surface area is 82.6 Å². The molecule has 0 aromatic rings. The van der Waals surface area contributed by atoms with Crippen molar-refractivity contribution < 1.29 is 26.2 Å². The normalized spacial score (nSPS) is 6.67. The van der Waals surface area contributed by atoms with E-state index in [0.29, 0.717) is 0 Å². The van der Waals surface area contributed by atoms with Crippen LogP contribution in [0, 0.1) is 28.8 Å². The molecule has 0 aromatic heterocycles. The van der Waals surface area contributed by atoms with Crippen molar-refractivity contribution in [1.82, 2.24) is 0 Å². The molecule has 0 fully saturated rings. The van der Waals surface area contributed by atoms with E-state index in [9.17, 15) is 0 Å². The zero-order valence-corrected chi connectivity index (χ0v) is 11.2. The summed E-state index contributed by atoms with van der Waals surface area (Å²) in [6, 6.07) is 0. The fourth-order valence-corrected chi connectivity index (χ4v) is 0. The van der Waals surface area contributed by atoms with Crippen LogP contribution in [-0.4, -0.2) is 8.07 Å². The first-order chi connectivity index (χ1) is 2.00. The molecule has 0 aliphatic carbocycles. The van der Waals surface area contributed by atoms with Crippen molar-refractivity contribution in [3.63, 3.8) is 0 Å². The first-order valence-corrected chi connectivity index (χ1v) is 5.56. The van der Waals surface area contributed by atoms with Crippen molar-refractivity contribution in [3.8, 4) is 0 Å². The summed E-state index contributed by atoms with van der Waals surface area (Å²) in [6.07, 6.45) is 0. The number of hydrogen-bond donors (Lipinski definition) is 0. The van der Waals surface area contributed by atoms with E-state index in [1.165, 1.54) is 0 Å². The predicted molar refractivity (Wildman–Crippen MR) is 47.9 cm³/mol. The average molecular weight is 224 g/mol. The van der Waals surface area contributed by atoms with E-state index < -0.39 is 8.07 Å². The standard InChI is InChI=1S/C4H11Si.3CH3.Zr/c1-5(2,3)4;;;;/h1H2,2-4H3;3*1H3;/q4*-1;+4. The van der Waals surface area contributed by atoms with Crippen LogP contribution in [0.4, 0.5) is 0 Å². The second-order valence-corrected chi connectivity index (χ2v) is 7.68. The van der Waals surface area contributed by atoms with Crippen molar-refractivity contribution in [2.45, 2.75) is 19.6 Å². The minimum absolute atomic E-state index is 0. The van der Waals surface area contributed by atoms with Gasteiger partial charge in [-0.15, -0.1) is 8.07 Å². The quantitative estimate of drug-likeness (QED) is 0.437. The maximum absolute atomic E-state index is 3.91. The van der Waals surface area contributed by atoms with Crippen molar-refractivity contribution in [3.05, 3.63) is 28.8 Å². The van der Waals surface area contributed by atoms with Crippen LogP contribution in [0.25, 0.3) is 0 Å². The van der Waals surface area contributed by atoms with Crippen molar-refractivity contribution in [2.24, 2.45) is 0 Å². The average Bonchev–Trinajstić information content (AvgIpc) is 0.722. The molecule has 0 atom stereocenters. The molecule has 0 aromatic carbocycles. The van der Waals surface area contributed by atoms with Gasteiger partial charge in [0.1, 0.15) is 0 Å². The summed E-state index contributed by atoms with van der Waals surface area (Å²) in [5, 5.41) is 0. The van der Waals surface area contributed by atoms with E-state index in [-0.39, 0.29) is 48.5 Å². The summed E-state index contributed by atoms with van der Waals surface area (Å²) in [4.78, 5) is 0. The van der Waals surface area contributed by atoms with Crippen LogP contribution < -0.4 is 0 Å². The Morgan fingerprint density at radius 1 is 0.889 bits per heavy atom. The molecule has 0 saturated carbocycles. The molecule has 0 aliphatic heterocycles. The Bertz CT molecular complexity index is 24.4. The van der Waals surface area contributed by atoms with Gasteiger partial charge in [-0.25, -0.2) is 0 Å². The van der Waals surface area contributed by atoms with E-state index in [0.717, 1.165) is 0 Å². The Hall–Kier alpha value is 1.10. The molecule has 0 N–H and O–H groups in total. The van der Waals surface area contributed by atoms with E-state index in [2.05, 4.69) is 26.2 Å². The van der Waals surface area contributed by atoms with Crippen LogP contribution in [0.3, 0.4) is 0 Å². The second-order valence-electron chi connectivity index (χ2n) is 2.56. The Morgan fingerprint density at radius 2 is 0.889 bits per heavy atom. The van der Waals surface area contributed by atoms with Gasteiger partial charge in [0.15, 0.2) is 0 Å². The van der Waals surface area contributed by atoms with Gasteiger partial charge in [-0.05, 0) is 0 Å². The fourth-order valence-electron chi connectivity index (χ4n) is 0. The molecule has 56 valence electrons. The third-order valence-corrected chi connectivity index (χ3v) is 0. The zero-order valence-electron chi connectivity index (χ0n) is 7.71. The van der Waals surface area contributed by atoms with Crippen LogP contribution in [0.2, 0.25) is 19.6 Å². The van der Waals surface area contributed by atoms with E-state index >= 15 is 0 Å². The zero-order chi connectivity index (χ0) is 4.50. The van der Waals surface area contributed by atoms with Gasteiger partial charge in [0.05, 0.1) is 0 Å². The molecule has 0 spiro atoms. The van der Waals surface area contributed by atoms with Crippen LogP contribution in [0.5, 0.6) is 0 Å². The molecule has 0 nitrogen and oxygen atoms in total. The molecule has 0 saturated heterocycles. The van der Waals surface area contributed by atoms with Gasteiger partial charge >= 0.3 is 26.2 Å². The first-order valence-electron chi connectivity index (χ1n) is 1.85. The number of rotatable bonds is 0. The smallest absolute Gasteiger partial charge is 0.358 e. The van der Waals surface area contributed by atoms with Gasteiger partial charge in [0.25, 0.3) is 0 Å². The maximum atomic E-state index is 3.91. The topological polar surface area (TPSA) is 0 Å². The van der Waals surface area contributed by atoms with Gasteiger partial charge in [0.2, 0.25) is 0 Å². The molecule has 0 heterocycles. The molecule has 0 unspecified atom stereocenters. The summed E-state index contributed by atoms with van der Waals surface area (Å²) in [5.74, 6) is 0. The van der Waals surface area contributed by atoms with Crippen molar-refractivity contribution >= 4 is 8.07 Å². The Morgan fingerprint density at radius 3 is 0.889 bits per heavy atom. The van der Waals surface area contributed by atoms with E-state index in [1.807, 2.05) is 0 Å². The van der Waals surface area contributed by atoms with Crippen LogP contribution >= 0.6 is 0 Å². The molecule has 2 heteroatoms. The monoisotopic (exact) mass is 222 g/mol. The SMILES string of the molecule is [CH2-][Si](C)(C)C.[CH3-].[CH3-].[CH3-].[Zr+4]. The van der Waals surface area contributed by atoms with Gasteiger partial charge in [-0.3, -0.25) is 0 Å². The van der Waals surface area contributed by atoms with Crippen LogP contribution in [-0.2, 0) is 26.2 Å². The van der Waals surface area contributed by atoms with Crippen LogP contribution in [0.1, 0.15) is 0 Å². The Balaban J connectivity index is -0.0000000133. The van der Waals surface area contributed by atoms with Gasteiger partial charge in [0, 0.05) is 0 Å². The number of hydrogen-bond acceptors (Lipinski definition) is 0. The molecule has 0 amide bonds. The molecule has 0 aliphatic rings. The van der Waals surface area contributed by atoms with Crippen molar-refractivity contribution in [2.75, 3.05) is 0 Å². The Kier molecular flexibility index (Phi) is 42.3. The molecule has 0 radical (unpaired) electrons. The fraction of sp³-hybridized carbons (Fsp3) is 0.429. The molecule has 9 heavy (non-hydrogen) atoms. The van der Waals surface area contributed by atoms with Gasteiger partial charge in [-0.2, -0.15) is 0 Å². The van der Waals surface area contributed by atoms with E-state index in [1.54, 1.807) is 0 Å². The summed E-state index contributed by atoms with van der Waals surface area (Å²) >= 11 is 0. The van der Waals surface area contributed by atoms with Gasteiger partial charge in [-0.1, -0.05) is 19.6 Å². The minimum atomic E-state index is -0.861. The summed E-state index contributed by atoms with van der Waals surface area (Å²) in [6.45, 7) is 10.6. The largest absolute Gasteiger partial charge is 4.00 e. The van der Waals surface area contributed by atoms with Gasteiger partial charge < -0.3 is 28.8 Å². The molecule has 0 rings (SSSR count). The second kappa shape index (κ2) is 11.8. The maximum Gasteiger partial charge on any atom is 4.00 e. The minimum Gasteiger partial charge on any atom is -0.358 e. The third-order valence-electron chi connectivity index (χ3n) is 0. The first kappa shape index (κ1) is 32.2. The summed E-state index contributed by atoms with van der Waals surface area (Å²) < 4.78 is 0. The van der Waals surface area contributed by atoms with Crippen LogP contribution in [0.15, 0.2) is 0 Å². The predicted octanol–water partition coefficient (Wildman–Crippen LogP) is 3.05. The summed E-state index contributed by atoms with van der Waals surface area (Å²) in [7, 11) is -0.861. The van der Waals surface area contributed by atoms with Crippen molar-refractivity contribution in [1.29, 1.82) is 0 Å². The molecular weight excluding hydrogens is 203 g/mol. The molecule has 0 bridgehead atoms. The summed E-state index contributed by atoms with van der Waals surface area (Å²) in [5.41, 5.74) is 0. The molecular formula is C7H20SiZr.